The van der Waals surface area contributed by atoms with Gasteiger partial charge in [0.25, 0.3) is 0 Å². The van der Waals surface area contributed by atoms with Gasteiger partial charge in [-0.15, -0.1) is 11.3 Å². The third-order valence-corrected chi connectivity index (χ3v) is 6.79. The minimum absolute atomic E-state index is 0.170. The molecule has 0 atom stereocenters. The molecule has 0 saturated heterocycles. The number of nitrogens with zero attached hydrogens (tertiary/aromatic N) is 2. The van der Waals surface area contributed by atoms with Crippen molar-refractivity contribution in [1.82, 2.24) is 9.55 Å². The summed E-state index contributed by atoms with van der Waals surface area (Å²) in [6.45, 7) is 4.00. The average molecular weight is 442 g/mol. The van der Waals surface area contributed by atoms with Gasteiger partial charge in [0.2, 0.25) is 5.91 Å². The Morgan fingerprint density at radius 3 is 2.77 bits per heavy atom. The van der Waals surface area contributed by atoms with Crippen molar-refractivity contribution in [2.24, 2.45) is 0 Å². The molecule has 0 unspecified atom stereocenters. The second-order valence-electron chi connectivity index (χ2n) is 7.01. The summed E-state index contributed by atoms with van der Waals surface area (Å²) in [5.74, 6) is -0.367. The zero-order valence-corrected chi connectivity index (χ0v) is 18.5. The molecule has 30 heavy (non-hydrogen) atoms. The summed E-state index contributed by atoms with van der Waals surface area (Å²) in [5, 5.41) is 4.31. The topological polar surface area (TPSA) is 73.2 Å². The van der Waals surface area contributed by atoms with Gasteiger partial charge in [-0.25, -0.2) is 9.78 Å². The van der Waals surface area contributed by atoms with Gasteiger partial charge in [0.1, 0.15) is 10.6 Å². The number of benzene rings is 1. The van der Waals surface area contributed by atoms with Crippen LogP contribution in [0.3, 0.4) is 0 Å². The van der Waals surface area contributed by atoms with E-state index in [1.165, 1.54) is 23.1 Å². The van der Waals surface area contributed by atoms with Crippen LogP contribution in [0.1, 0.15) is 41.0 Å². The molecule has 6 nitrogen and oxygen atoms in total. The molecule has 1 amide bonds. The number of hydrogen-bond acceptors (Lipinski definition) is 6. The number of hydrogen-bond donors (Lipinski definition) is 1. The Labute approximate surface area is 183 Å². The van der Waals surface area contributed by atoms with Crippen LogP contribution in [0.2, 0.25) is 0 Å². The normalized spacial score (nSPS) is 13.3. The van der Waals surface area contributed by atoms with Crippen LogP contribution in [-0.4, -0.2) is 33.8 Å². The average Bonchev–Trinajstić information content (AvgIpc) is 3.38. The van der Waals surface area contributed by atoms with E-state index in [0.29, 0.717) is 16.6 Å². The number of nitrogens with one attached hydrogen (secondary N) is 1. The number of carbonyl (C=O) groups excluding carboxylic acids is 2. The van der Waals surface area contributed by atoms with E-state index < -0.39 is 5.97 Å². The maximum Gasteiger partial charge on any atom is 0.341 e. The predicted octanol–water partition coefficient (Wildman–Crippen LogP) is 5.16. The summed E-state index contributed by atoms with van der Waals surface area (Å²) in [4.78, 5) is 30.7. The van der Waals surface area contributed by atoms with E-state index in [1.807, 2.05) is 43.5 Å². The van der Waals surface area contributed by atoms with Crippen LogP contribution < -0.4 is 5.32 Å². The lowest BCUT2D eigenvalue weighted by Gasteiger charge is -2.09. The SMILES string of the molecule is CCOC(=O)c1c(NC(=O)CSc2nccn2C2CC2)sc(C)c1-c1ccccc1. The number of esters is 1. The second-order valence-corrected chi connectivity index (χ2v) is 9.18. The first kappa shape index (κ1) is 20.7. The van der Waals surface area contributed by atoms with Crippen molar-refractivity contribution in [2.45, 2.75) is 37.9 Å². The molecule has 2 heterocycles. The van der Waals surface area contributed by atoms with Crippen molar-refractivity contribution < 1.29 is 14.3 Å². The first-order chi connectivity index (χ1) is 14.6. The van der Waals surface area contributed by atoms with Crippen LogP contribution in [0.25, 0.3) is 11.1 Å². The Hall–Kier alpha value is -2.58. The third kappa shape index (κ3) is 4.44. The van der Waals surface area contributed by atoms with Gasteiger partial charge in [0.05, 0.1) is 12.4 Å². The number of thioether (sulfide) groups is 1. The van der Waals surface area contributed by atoms with Gasteiger partial charge in [-0.05, 0) is 32.3 Å². The fraction of sp³-hybridized carbons (Fsp3) is 0.318. The summed E-state index contributed by atoms with van der Waals surface area (Å²) >= 11 is 2.81. The smallest absolute Gasteiger partial charge is 0.341 e. The number of rotatable bonds is 8. The van der Waals surface area contributed by atoms with E-state index in [4.69, 9.17) is 4.74 Å². The van der Waals surface area contributed by atoms with Gasteiger partial charge >= 0.3 is 5.97 Å². The van der Waals surface area contributed by atoms with Crippen molar-refractivity contribution in [1.29, 1.82) is 0 Å². The Morgan fingerprint density at radius 1 is 1.30 bits per heavy atom. The van der Waals surface area contributed by atoms with Crippen molar-refractivity contribution in [3.8, 4) is 11.1 Å². The van der Waals surface area contributed by atoms with Gasteiger partial charge in [0.15, 0.2) is 5.16 Å². The van der Waals surface area contributed by atoms with Gasteiger partial charge < -0.3 is 14.6 Å². The molecule has 1 saturated carbocycles. The number of carbonyl (C=O) groups is 2. The summed E-state index contributed by atoms with van der Waals surface area (Å²) in [5.41, 5.74) is 2.16. The lowest BCUT2D eigenvalue weighted by atomic mass is 10.0. The maximum atomic E-state index is 12.7. The predicted molar refractivity (Wildman–Crippen MR) is 120 cm³/mol. The Morgan fingerprint density at radius 2 is 2.07 bits per heavy atom. The zero-order valence-electron chi connectivity index (χ0n) is 16.9. The standard InChI is InChI=1S/C22H23N3O3S2/c1-3-28-21(27)19-18(15-7-5-4-6-8-15)14(2)30-20(19)24-17(26)13-29-22-23-11-12-25(22)16-9-10-16/h4-8,11-12,16H,3,9-10,13H2,1-2H3,(H,24,26). The minimum atomic E-state index is -0.423. The van der Waals surface area contributed by atoms with E-state index in [0.717, 1.165) is 34.0 Å². The second kappa shape index (κ2) is 9.06. The van der Waals surface area contributed by atoms with Crippen molar-refractivity contribution in [2.75, 3.05) is 17.7 Å². The molecular weight excluding hydrogens is 418 g/mol. The summed E-state index contributed by atoms with van der Waals surface area (Å²) < 4.78 is 7.42. The molecule has 1 N–H and O–H groups in total. The summed E-state index contributed by atoms with van der Waals surface area (Å²) in [6, 6.07) is 10.2. The Kier molecular flexibility index (Phi) is 6.24. The molecule has 0 spiro atoms. The highest BCUT2D eigenvalue weighted by Gasteiger charge is 2.27. The van der Waals surface area contributed by atoms with Crippen LogP contribution in [-0.2, 0) is 9.53 Å². The van der Waals surface area contributed by atoms with Crippen molar-refractivity contribution in [3.63, 3.8) is 0 Å². The van der Waals surface area contributed by atoms with Gasteiger partial charge in [-0.1, -0.05) is 42.1 Å². The summed E-state index contributed by atoms with van der Waals surface area (Å²) in [7, 11) is 0. The number of aromatic nitrogens is 2. The molecule has 1 aliphatic carbocycles. The first-order valence-corrected chi connectivity index (χ1v) is 11.7. The highest BCUT2D eigenvalue weighted by atomic mass is 32.2. The Bertz CT molecular complexity index is 1060. The quantitative estimate of drug-likeness (QED) is 0.386. The molecule has 0 radical (unpaired) electrons. The van der Waals surface area contributed by atoms with Crippen LogP contribution >= 0.6 is 23.1 Å². The van der Waals surface area contributed by atoms with E-state index >= 15 is 0 Å². The Balaban J connectivity index is 1.54. The molecule has 1 aliphatic rings. The van der Waals surface area contributed by atoms with Crippen molar-refractivity contribution in [3.05, 3.63) is 53.2 Å². The number of ether oxygens (including phenoxy) is 1. The maximum absolute atomic E-state index is 12.7. The van der Waals surface area contributed by atoms with Crippen LogP contribution in [0.5, 0.6) is 0 Å². The molecular formula is C22H23N3O3S2. The van der Waals surface area contributed by atoms with E-state index in [-0.39, 0.29) is 18.3 Å². The molecule has 3 aromatic rings. The highest BCUT2D eigenvalue weighted by Crippen LogP contribution is 2.41. The number of aryl methyl sites for hydroxylation is 1. The highest BCUT2D eigenvalue weighted by molar-refractivity contribution is 7.99. The third-order valence-electron chi connectivity index (χ3n) is 4.79. The molecule has 2 aromatic heterocycles. The minimum Gasteiger partial charge on any atom is -0.462 e. The van der Waals surface area contributed by atoms with Gasteiger partial charge in [-0.3, -0.25) is 4.79 Å². The monoisotopic (exact) mass is 441 g/mol. The number of thiophene rings is 1. The summed E-state index contributed by atoms with van der Waals surface area (Å²) in [6.07, 6.45) is 6.06. The van der Waals surface area contributed by atoms with Crippen LogP contribution in [0, 0.1) is 6.92 Å². The lowest BCUT2D eigenvalue weighted by Crippen LogP contribution is -2.16. The molecule has 1 fully saturated rings. The molecule has 0 bridgehead atoms. The van der Waals surface area contributed by atoms with Crippen LogP contribution in [0.4, 0.5) is 5.00 Å². The molecule has 8 heteroatoms. The lowest BCUT2D eigenvalue weighted by molar-refractivity contribution is -0.113. The van der Waals surface area contributed by atoms with E-state index in [1.54, 1.807) is 13.1 Å². The van der Waals surface area contributed by atoms with Gasteiger partial charge in [-0.2, -0.15) is 0 Å². The number of anilines is 1. The molecule has 0 aliphatic heterocycles. The number of amides is 1. The first-order valence-electron chi connectivity index (χ1n) is 9.90. The van der Waals surface area contributed by atoms with E-state index in [2.05, 4.69) is 14.9 Å². The molecule has 1 aromatic carbocycles. The van der Waals surface area contributed by atoms with E-state index in [9.17, 15) is 9.59 Å². The zero-order chi connectivity index (χ0) is 21.1. The fourth-order valence-corrected chi connectivity index (χ4v) is 5.22. The molecule has 4 rings (SSSR count). The molecule has 156 valence electrons. The largest absolute Gasteiger partial charge is 0.462 e. The van der Waals surface area contributed by atoms with Crippen LogP contribution in [0.15, 0.2) is 47.9 Å². The fourth-order valence-electron chi connectivity index (χ4n) is 3.32. The van der Waals surface area contributed by atoms with Crippen molar-refractivity contribution >= 4 is 40.0 Å². The van der Waals surface area contributed by atoms with Gasteiger partial charge in [0, 0.05) is 28.9 Å². The number of imidazole rings is 1.